The lowest BCUT2D eigenvalue weighted by Gasteiger charge is -2.23. The van der Waals surface area contributed by atoms with Crippen LogP contribution in [0.25, 0.3) is 0 Å². The lowest BCUT2D eigenvalue weighted by atomic mass is 10.1. The number of hydrogen-bond acceptors (Lipinski definition) is 5. The third-order valence-corrected chi connectivity index (χ3v) is 5.37. The zero-order valence-electron chi connectivity index (χ0n) is 17.3. The number of guanidine groups is 1. The molecule has 0 aliphatic heterocycles. The molecular weight excluding hydrogens is 530 g/mol. The van der Waals surface area contributed by atoms with E-state index in [0.29, 0.717) is 37.2 Å². The Labute approximate surface area is 202 Å². The van der Waals surface area contributed by atoms with Crippen molar-refractivity contribution in [2.75, 3.05) is 13.1 Å². The first-order valence-electron chi connectivity index (χ1n) is 9.63. The Morgan fingerprint density at radius 1 is 1.23 bits per heavy atom. The second-order valence-corrected chi connectivity index (χ2v) is 7.81. The summed E-state index contributed by atoms with van der Waals surface area (Å²) < 4.78 is 18.7. The van der Waals surface area contributed by atoms with Gasteiger partial charge in [0.25, 0.3) is 0 Å². The van der Waals surface area contributed by atoms with Crippen LogP contribution in [-0.4, -0.2) is 29.1 Å². The third-order valence-electron chi connectivity index (χ3n) is 4.25. The number of nitrogens with one attached hydrogen (secondary N) is 2. The molecule has 3 aromatic rings. The van der Waals surface area contributed by atoms with Crippen LogP contribution in [0.2, 0.25) is 0 Å². The highest BCUT2D eigenvalue weighted by Crippen LogP contribution is 2.24. The van der Waals surface area contributed by atoms with E-state index in [4.69, 9.17) is 4.74 Å². The number of aliphatic hydroxyl groups is 1. The van der Waals surface area contributed by atoms with Gasteiger partial charge in [-0.05, 0) is 61.2 Å². The fraction of sp³-hybridized carbons (Fsp3) is 0.273. The van der Waals surface area contributed by atoms with Gasteiger partial charge in [-0.3, -0.25) is 0 Å². The van der Waals surface area contributed by atoms with Crippen LogP contribution in [0.1, 0.15) is 24.3 Å². The molecule has 0 aliphatic rings. The van der Waals surface area contributed by atoms with Gasteiger partial charge in [0, 0.05) is 23.7 Å². The minimum absolute atomic E-state index is 0. The molecule has 0 bridgehead atoms. The lowest BCUT2D eigenvalue weighted by molar-refractivity contribution is 0.0655. The molecule has 0 spiro atoms. The summed E-state index contributed by atoms with van der Waals surface area (Å²) in [5.41, 5.74) is -0.0821. The molecule has 3 N–H and O–H groups in total. The third kappa shape index (κ3) is 7.75. The number of pyridine rings is 1. The number of aliphatic imine (C=N–C) groups is 1. The van der Waals surface area contributed by atoms with Crippen molar-refractivity contribution in [1.29, 1.82) is 0 Å². The zero-order valence-corrected chi connectivity index (χ0v) is 20.5. The molecule has 0 radical (unpaired) electrons. The number of ether oxygens (including phenoxy) is 1. The quantitative estimate of drug-likeness (QED) is 0.214. The summed E-state index contributed by atoms with van der Waals surface area (Å²) in [4.78, 5) is 9.66. The fourth-order valence-electron chi connectivity index (χ4n) is 2.67. The van der Waals surface area contributed by atoms with Gasteiger partial charge in [0.2, 0.25) is 5.88 Å². The van der Waals surface area contributed by atoms with Crippen molar-refractivity contribution in [3.63, 3.8) is 0 Å². The Hall–Kier alpha value is -2.24. The smallest absolute Gasteiger partial charge is 0.219 e. The second kappa shape index (κ2) is 12.0. The molecule has 31 heavy (non-hydrogen) atoms. The summed E-state index contributed by atoms with van der Waals surface area (Å²) in [6, 6.07) is 13.2. The SMILES string of the molecule is CCNC(=NCc1ccnc(Oc2ccc(F)cc2)c1)NCC(C)(O)c1cccs1.I. The molecule has 0 saturated heterocycles. The average molecular weight is 556 g/mol. The molecule has 0 amide bonds. The molecule has 2 aromatic heterocycles. The van der Waals surface area contributed by atoms with Gasteiger partial charge in [0.1, 0.15) is 17.2 Å². The van der Waals surface area contributed by atoms with E-state index in [1.165, 1.54) is 23.5 Å². The maximum atomic E-state index is 13.0. The Morgan fingerprint density at radius 2 is 2.00 bits per heavy atom. The minimum Gasteiger partial charge on any atom is -0.439 e. The summed E-state index contributed by atoms with van der Waals surface area (Å²) in [5.74, 6) is 1.20. The number of benzene rings is 1. The second-order valence-electron chi connectivity index (χ2n) is 6.86. The van der Waals surface area contributed by atoms with E-state index >= 15 is 0 Å². The summed E-state index contributed by atoms with van der Waals surface area (Å²) in [6.45, 7) is 5.18. The van der Waals surface area contributed by atoms with Crippen LogP contribution in [0.5, 0.6) is 11.6 Å². The topological polar surface area (TPSA) is 78.8 Å². The Kier molecular flexibility index (Phi) is 9.66. The van der Waals surface area contributed by atoms with E-state index in [1.807, 2.05) is 30.5 Å². The number of hydrogen-bond donors (Lipinski definition) is 3. The van der Waals surface area contributed by atoms with Gasteiger partial charge in [0.15, 0.2) is 5.96 Å². The molecule has 9 heteroatoms. The lowest BCUT2D eigenvalue weighted by Crippen LogP contribution is -2.44. The Balaban J connectivity index is 0.00000341. The summed E-state index contributed by atoms with van der Waals surface area (Å²) >= 11 is 1.52. The first-order valence-corrected chi connectivity index (χ1v) is 10.5. The first kappa shape index (κ1) is 25.0. The van der Waals surface area contributed by atoms with E-state index in [0.717, 1.165) is 10.4 Å². The van der Waals surface area contributed by atoms with Gasteiger partial charge in [0.05, 0.1) is 13.1 Å². The predicted molar refractivity (Wildman–Crippen MR) is 133 cm³/mol. The van der Waals surface area contributed by atoms with Crippen molar-refractivity contribution in [3.8, 4) is 11.6 Å². The minimum atomic E-state index is -0.989. The standard InChI is InChI=1S/C22H25FN4O2S.HI/c1-3-24-21(27-15-22(2,28)19-5-4-12-30-19)26-14-16-10-11-25-20(13-16)29-18-8-6-17(23)7-9-18;/h4-13,28H,3,14-15H2,1-2H3,(H2,24,26,27);1H. The van der Waals surface area contributed by atoms with Gasteiger partial charge in [-0.15, -0.1) is 35.3 Å². The van der Waals surface area contributed by atoms with Crippen LogP contribution in [0.3, 0.4) is 0 Å². The Bertz CT molecular complexity index is 966. The first-order chi connectivity index (χ1) is 14.5. The van der Waals surface area contributed by atoms with E-state index in [-0.39, 0.29) is 29.8 Å². The van der Waals surface area contributed by atoms with Crippen molar-refractivity contribution in [2.24, 2.45) is 4.99 Å². The molecule has 1 aromatic carbocycles. The fourth-order valence-corrected chi connectivity index (χ4v) is 3.45. The van der Waals surface area contributed by atoms with Crippen molar-refractivity contribution in [2.45, 2.75) is 26.0 Å². The molecule has 2 heterocycles. The van der Waals surface area contributed by atoms with Gasteiger partial charge in [-0.1, -0.05) is 6.07 Å². The molecule has 0 aliphatic carbocycles. The van der Waals surface area contributed by atoms with E-state index in [1.54, 1.807) is 31.3 Å². The van der Waals surface area contributed by atoms with Crippen LogP contribution in [0.4, 0.5) is 4.39 Å². The molecule has 166 valence electrons. The number of thiophene rings is 1. The van der Waals surface area contributed by atoms with E-state index in [9.17, 15) is 9.50 Å². The Morgan fingerprint density at radius 3 is 2.68 bits per heavy atom. The molecule has 1 unspecified atom stereocenters. The summed E-state index contributed by atoms with van der Waals surface area (Å²) in [7, 11) is 0. The van der Waals surface area contributed by atoms with Crippen LogP contribution in [-0.2, 0) is 12.1 Å². The van der Waals surface area contributed by atoms with Gasteiger partial charge < -0.3 is 20.5 Å². The zero-order chi connectivity index (χ0) is 21.4. The summed E-state index contributed by atoms with van der Waals surface area (Å²) in [5, 5.41) is 19.0. The van der Waals surface area contributed by atoms with Crippen LogP contribution in [0.15, 0.2) is 65.1 Å². The molecule has 1 atom stereocenters. The largest absolute Gasteiger partial charge is 0.439 e. The summed E-state index contributed by atoms with van der Waals surface area (Å²) in [6.07, 6.45) is 1.64. The average Bonchev–Trinajstić information content (AvgIpc) is 3.28. The van der Waals surface area contributed by atoms with Crippen molar-refractivity contribution in [1.82, 2.24) is 15.6 Å². The normalized spacial score (nSPS) is 13.1. The van der Waals surface area contributed by atoms with E-state index < -0.39 is 5.60 Å². The van der Waals surface area contributed by atoms with Crippen LogP contribution >= 0.6 is 35.3 Å². The van der Waals surface area contributed by atoms with Crippen molar-refractivity contribution in [3.05, 3.63) is 76.4 Å². The highest BCUT2D eigenvalue weighted by Gasteiger charge is 2.24. The van der Waals surface area contributed by atoms with E-state index in [2.05, 4.69) is 20.6 Å². The van der Waals surface area contributed by atoms with Gasteiger partial charge >= 0.3 is 0 Å². The highest BCUT2D eigenvalue weighted by atomic mass is 127. The number of nitrogens with zero attached hydrogens (tertiary/aromatic N) is 2. The number of aromatic nitrogens is 1. The number of halogens is 2. The van der Waals surface area contributed by atoms with Crippen LogP contribution in [0, 0.1) is 5.82 Å². The maximum absolute atomic E-state index is 13.0. The predicted octanol–water partition coefficient (Wildman–Crippen LogP) is 4.66. The molecule has 3 rings (SSSR count). The molecular formula is C22H26FIN4O2S. The van der Waals surface area contributed by atoms with Gasteiger partial charge in [-0.25, -0.2) is 14.4 Å². The monoisotopic (exact) mass is 556 g/mol. The van der Waals surface area contributed by atoms with Crippen molar-refractivity contribution >= 4 is 41.3 Å². The van der Waals surface area contributed by atoms with Crippen LogP contribution < -0.4 is 15.4 Å². The van der Waals surface area contributed by atoms with Crippen molar-refractivity contribution < 1.29 is 14.2 Å². The maximum Gasteiger partial charge on any atom is 0.219 e. The highest BCUT2D eigenvalue weighted by molar-refractivity contribution is 14.0. The molecule has 6 nitrogen and oxygen atoms in total. The molecule has 0 saturated carbocycles. The molecule has 0 fully saturated rings. The van der Waals surface area contributed by atoms with Gasteiger partial charge in [-0.2, -0.15) is 0 Å². The number of rotatable bonds is 8.